The topological polar surface area (TPSA) is 294 Å². The highest BCUT2D eigenvalue weighted by Crippen LogP contribution is 1.98. The highest BCUT2D eigenvalue weighted by molar-refractivity contribution is 4.47. The smallest absolute Gasteiger partial charge is 0.146 e. The third-order valence-corrected chi connectivity index (χ3v) is 1.56. The van der Waals surface area contributed by atoms with Crippen LogP contribution in [0.4, 0.5) is 0 Å². The van der Waals surface area contributed by atoms with Gasteiger partial charge in [-0.15, -0.1) is 0 Å². The molecule has 0 aliphatic rings. The van der Waals surface area contributed by atoms with E-state index in [9.17, 15) is 0 Å². The van der Waals surface area contributed by atoms with Crippen LogP contribution in [0.25, 0.3) is 0 Å². The van der Waals surface area contributed by atoms with E-state index in [2.05, 4.69) is 120 Å². The zero-order valence-corrected chi connectivity index (χ0v) is 16.5. The molecule has 3 unspecified atom stereocenters. The molecule has 0 bridgehead atoms. The monoisotopic (exact) mass is 530 g/mol. The second kappa shape index (κ2) is 26.5. The Labute approximate surface area is 184 Å². The summed E-state index contributed by atoms with van der Waals surface area (Å²) in [6, 6.07) is 0. The van der Waals surface area contributed by atoms with E-state index in [1.54, 1.807) is 0 Å². The molecule has 0 rings (SSSR count). The lowest BCUT2D eigenvalue weighted by Gasteiger charge is -2.10. The van der Waals surface area contributed by atoms with Gasteiger partial charge in [-0.25, -0.2) is 4.89 Å². The Morgan fingerprint density at radius 2 is 0.765 bits per heavy atom. The molecule has 0 aromatic rings. The third kappa shape index (κ3) is 27.2. The average molecular weight is 530 g/mol. The van der Waals surface area contributed by atoms with E-state index < -0.39 is 31.8 Å². The molecule has 0 saturated heterocycles. The maximum Gasteiger partial charge on any atom is 0.146 e. The van der Waals surface area contributed by atoms with Gasteiger partial charge in [0.15, 0.2) is 0 Å². The lowest BCUT2D eigenvalue weighted by molar-refractivity contribution is -0.865. The molecule has 5 N–H and O–H groups in total. The van der Waals surface area contributed by atoms with Crippen LogP contribution in [0.3, 0.4) is 0 Å². The summed E-state index contributed by atoms with van der Waals surface area (Å²) in [4.78, 5) is 17.0. The molecular weight excluding hydrogens is 512 g/mol. The van der Waals surface area contributed by atoms with Gasteiger partial charge in [-0.2, -0.15) is 14.7 Å². The van der Waals surface area contributed by atoms with Gasteiger partial charge in [-0.05, 0) is 115 Å². The quantitative estimate of drug-likeness (QED) is 0.0407. The number of aliphatic hydroxyl groups excluding tert-OH is 1. The predicted octanol–water partition coefficient (Wildman–Crippen LogP) is -2.51. The van der Waals surface area contributed by atoms with Crippen molar-refractivity contribution in [3.05, 3.63) is 0 Å². The minimum atomic E-state index is -1.24. The first-order chi connectivity index (χ1) is 16.6. The van der Waals surface area contributed by atoms with Crippen molar-refractivity contribution in [3.8, 4) is 0 Å². The molecule has 0 aromatic heterocycles. The van der Waals surface area contributed by atoms with Gasteiger partial charge in [0.2, 0.25) is 0 Å². The summed E-state index contributed by atoms with van der Waals surface area (Å²) in [6.45, 7) is 1.57. The second-order valence-electron chi connectivity index (χ2n) is 4.15. The zero-order chi connectivity index (χ0) is 25.1. The summed E-state index contributed by atoms with van der Waals surface area (Å²) in [5.41, 5.74) is 10.2. The lowest BCUT2D eigenvalue weighted by Crippen LogP contribution is -2.24. The number of nitrogens with two attached hydrogens (primary N) is 2. The van der Waals surface area contributed by atoms with Crippen LogP contribution in [0.2, 0.25) is 0 Å². The Bertz CT molecular complexity index is 390. The van der Waals surface area contributed by atoms with E-state index in [0.29, 0.717) is 0 Å². The van der Waals surface area contributed by atoms with Gasteiger partial charge in [-0.1, -0.05) is 0 Å². The molecule has 0 radical (unpaired) electrons. The van der Waals surface area contributed by atoms with Gasteiger partial charge in [-0.3, -0.25) is 0 Å². The first-order valence-corrected chi connectivity index (χ1v) is 7.62. The molecule has 0 saturated carbocycles. The maximum atomic E-state index is 8.95. The predicted molar refractivity (Wildman–Crippen MR) is 69.1 cm³/mol. The number of aliphatic hydroxyl groups is 1. The average Bonchev–Trinajstić information content (AvgIpc) is 2.80. The Balaban J connectivity index is 3.28. The fraction of sp³-hybridized carbons (Fsp3) is 1.00. The molecule has 27 heteroatoms. The number of hydrogen-bond donors (Lipinski definition) is 3. The standard InChI is InChI=1S/C7H18N2O25/c1-5(8)12-16-20-24-28-32-31-27-23-19-15-11-4-7(3-10)14-18-22-26-30-34-33-29-25-21-17-13-6(2)9/h5-7,10H,3-4,8-9H2,1-2H3. The van der Waals surface area contributed by atoms with Crippen LogP contribution in [0.5, 0.6) is 0 Å². The van der Waals surface area contributed by atoms with Crippen molar-refractivity contribution in [2.75, 3.05) is 13.2 Å². The van der Waals surface area contributed by atoms with Crippen LogP contribution < -0.4 is 11.5 Å². The van der Waals surface area contributed by atoms with Crippen molar-refractivity contribution < 1.29 is 125 Å². The van der Waals surface area contributed by atoms with Crippen LogP contribution in [0, 0.1) is 0 Å². The summed E-state index contributed by atoms with van der Waals surface area (Å²) < 4.78 is 0. The molecule has 0 fully saturated rings. The summed E-state index contributed by atoms with van der Waals surface area (Å²) in [7, 11) is 0. The van der Waals surface area contributed by atoms with Crippen LogP contribution >= 0.6 is 0 Å². The Morgan fingerprint density at radius 3 is 1.09 bits per heavy atom. The molecule has 206 valence electrons. The van der Waals surface area contributed by atoms with Crippen molar-refractivity contribution in [2.24, 2.45) is 11.5 Å². The lowest BCUT2D eigenvalue weighted by atomic mass is 10.4. The molecule has 0 aliphatic heterocycles. The molecule has 34 heavy (non-hydrogen) atoms. The molecule has 0 amide bonds. The minimum Gasteiger partial charge on any atom is -0.393 e. The largest absolute Gasteiger partial charge is 0.393 e. The van der Waals surface area contributed by atoms with Crippen LogP contribution in [0.1, 0.15) is 13.8 Å². The first kappa shape index (κ1) is 32.9. The summed E-state index contributed by atoms with van der Waals surface area (Å²) in [6.07, 6.45) is -2.88. The normalized spacial score (nSPS) is 14.4. The zero-order valence-electron chi connectivity index (χ0n) is 16.5. The number of rotatable bonds is 28. The third-order valence-electron chi connectivity index (χ3n) is 1.56. The van der Waals surface area contributed by atoms with Gasteiger partial charge in [0.1, 0.15) is 25.2 Å². The van der Waals surface area contributed by atoms with Crippen LogP contribution in [-0.2, 0) is 120 Å². The van der Waals surface area contributed by atoms with Gasteiger partial charge in [0.25, 0.3) is 0 Å². The summed E-state index contributed by atoms with van der Waals surface area (Å²) >= 11 is 0. The fourth-order valence-corrected chi connectivity index (χ4v) is 0.643. The van der Waals surface area contributed by atoms with Crippen LogP contribution in [0.15, 0.2) is 0 Å². The van der Waals surface area contributed by atoms with Crippen molar-refractivity contribution in [3.63, 3.8) is 0 Å². The van der Waals surface area contributed by atoms with Gasteiger partial charge < -0.3 is 16.6 Å². The van der Waals surface area contributed by atoms with Crippen molar-refractivity contribution in [1.82, 2.24) is 0 Å². The summed E-state index contributed by atoms with van der Waals surface area (Å²) in [5, 5.41) is 83.1. The van der Waals surface area contributed by atoms with E-state index in [-0.39, 0.29) is 0 Å². The number of hydrogen-bond acceptors (Lipinski definition) is 27. The van der Waals surface area contributed by atoms with Crippen molar-refractivity contribution in [1.29, 1.82) is 0 Å². The molecule has 0 heterocycles. The fourth-order valence-electron chi connectivity index (χ4n) is 0.643. The van der Waals surface area contributed by atoms with Gasteiger partial charge in [0, 0.05) is 0 Å². The SMILES string of the molecule is CC(N)OOOOOOOOOOOOCC(CO)OOOOOOOOOOOOC(C)N. The molecule has 3 atom stereocenters. The maximum absolute atomic E-state index is 8.95. The Morgan fingerprint density at radius 1 is 0.471 bits per heavy atom. The molecule has 0 aliphatic carbocycles. The Hall–Kier alpha value is -1.08. The van der Waals surface area contributed by atoms with Crippen molar-refractivity contribution in [2.45, 2.75) is 32.4 Å². The second-order valence-corrected chi connectivity index (χ2v) is 4.15. The van der Waals surface area contributed by atoms with Crippen LogP contribution in [-0.4, -0.2) is 36.9 Å². The molecule has 0 aromatic carbocycles. The minimum absolute atomic E-state index is 0.557. The van der Waals surface area contributed by atoms with E-state index in [1.165, 1.54) is 13.8 Å². The highest BCUT2D eigenvalue weighted by atomic mass is 18.0. The van der Waals surface area contributed by atoms with Gasteiger partial charge in [0.05, 0.1) is 6.61 Å². The van der Waals surface area contributed by atoms with Gasteiger partial charge >= 0.3 is 0 Å². The molecular formula is C7H18N2O25. The summed E-state index contributed by atoms with van der Waals surface area (Å²) in [5.74, 6) is 0. The van der Waals surface area contributed by atoms with Crippen molar-refractivity contribution >= 4 is 0 Å². The van der Waals surface area contributed by atoms with E-state index in [1.807, 2.05) is 0 Å². The van der Waals surface area contributed by atoms with E-state index in [4.69, 9.17) is 16.6 Å². The molecule has 0 spiro atoms. The highest BCUT2D eigenvalue weighted by Gasteiger charge is 2.12. The first-order valence-electron chi connectivity index (χ1n) is 7.62. The van der Waals surface area contributed by atoms with E-state index >= 15 is 0 Å². The van der Waals surface area contributed by atoms with E-state index in [0.717, 1.165) is 0 Å². The molecule has 27 nitrogen and oxygen atoms in total. The Kier molecular flexibility index (Phi) is 25.7.